The molecule has 0 unspecified atom stereocenters. The Bertz CT molecular complexity index is 537. The number of hydrogen-bond donors (Lipinski definition) is 2. The van der Waals surface area contributed by atoms with Gasteiger partial charge < -0.3 is 20.1 Å². The second-order valence-electron chi connectivity index (χ2n) is 7.62. The maximum Gasteiger partial charge on any atom is 0.304 e. The molecule has 0 atom stereocenters. The average Bonchev–Trinajstić information content (AvgIpc) is 3.45. The molecule has 138 valence electrons. The minimum atomic E-state index is -0.710. The largest absolute Gasteiger partial charge is 0.481 e. The van der Waals surface area contributed by atoms with Gasteiger partial charge in [0.05, 0.1) is 19.6 Å². The van der Waals surface area contributed by atoms with Gasteiger partial charge in [-0.25, -0.2) is 0 Å². The summed E-state index contributed by atoms with van der Waals surface area (Å²) < 4.78 is 6.10. The second kappa shape index (κ2) is 8.79. The zero-order valence-corrected chi connectivity index (χ0v) is 15.0. The van der Waals surface area contributed by atoms with Gasteiger partial charge in [-0.3, -0.25) is 4.79 Å². The third-order valence-electron chi connectivity index (χ3n) is 5.42. The van der Waals surface area contributed by atoms with Crippen LogP contribution in [-0.2, 0) is 16.1 Å². The molecule has 0 radical (unpaired) electrons. The Morgan fingerprint density at radius 2 is 1.96 bits per heavy atom. The molecule has 1 aromatic rings. The van der Waals surface area contributed by atoms with Crippen molar-refractivity contribution in [3.05, 3.63) is 35.9 Å². The summed E-state index contributed by atoms with van der Waals surface area (Å²) in [5.74, 6) is -0.710. The summed E-state index contributed by atoms with van der Waals surface area (Å²) in [4.78, 5) is 13.1. The van der Waals surface area contributed by atoms with Crippen LogP contribution in [0.25, 0.3) is 0 Å². The number of hydrogen-bond acceptors (Lipinski definition) is 4. The van der Waals surface area contributed by atoms with E-state index in [9.17, 15) is 4.79 Å². The minimum Gasteiger partial charge on any atom is -0.481 e. The number of nitrogens with one attached hydrogen (secondary N) is 1. The van der Waals surface area contributed by atoms with E-state index in [4.69, 9.17) is 9.84 Å². The lowest BCUT2D eigenvalue weighted by molar-refractivity contribution is -0.137. The molecule has 0 spiro atoms. The van der Waals surface area contributed by atoms with Crippen LogP contribution in [0.15, 0.2) is 30.3 Å². The maximum atomic E-state index is 10.8. The third kappa shape index (κ3) is 6.10. The van der Waals surface area contributed by atoms with Crippen molar-refractivity contribution in [2.75, 3.05) is 32.8 Å². The van der Waals surface area contributed by atoms with E-state index in [-0.39, 0.29) is 11.8 Å². The number of likely N-dealkylation sites (tertiary alicyclic amines) is 1. The van der Waals surface area contributed by atoms with Crippen LogP contribution in [-0.4, -0.2) is 54.8 Å². The number of ether oxygens (including phenoxy) is 1. The SMILES string of the molecule is O=C(O)CCN1CCC(CNC2CC2)(COCc2ccccc2)CC1. The zero-order valence-electron chi connectivity index (χ0n) is 15.0. The Hall–Kier alpha value is -1.43. The molecule has 5 heteroatoms. The summed E-state index contributed by atoms with van der Waals surface area (Å²) in [5, 5.41) is 12.6. The second-order valence-corrected chi connectivity index (χ2v) is 7.62. The smallest absolute Gasteiger partial charge is 0.304 e. The van der Waals surface area contributed by atoms with Crippen molar-refractivity contribution in [2.24, 2.45) is 5.41 Å². The number of carboxylic acid groups (broad SMARTS) is 1. The topological polar surface area (TPSA) is 61.8 Å². The lowest BCUT2D eigenvalue weighted by Crippen LogP contribution is -2.48. The molecule has 1 saturated carbocycles. The molecule has 1 heterocycles. The van der Waals surface area contributed by atoms with Crippen LogP contribution >= 0.6 is 0 Å². The highest BCUT2D eigenvalue weighted by Gasteiger charge is 2.36. The van der Waals surface area contributed by atoms with Crippen LogP contribution in [0.3, 0.4) is 0 Å². The molecule has 1 saturated heterocycles. The van der Waals surface area contributed by atoms with Crippen molar-refractivity contribution in [3.8, 4) is 0 Å². The maximum absolute atomic E-state index is 10.8. The number of carbonyl (C=O) groups is 1. The van der Waals surface area contributed by atoms with Gasteiger partial charge in [-0.2, -0.15) is 0 Å². The zero-order chi connectivity index (χ0) is 17.5. The fourth-order valence-corrected chi connectivity index (χ4v) is 3.48. The van der Waals surface area contributed by atoms with Gasteiger partial charge in [0.1, 0.15) is 0 Å². The first-order chi connectivity index (χ1) is 12.2. The molecular formula is C20H30N2O3. The first-order valence-electron chi connectivity index (χ1n) is 9.44. The molecule has 5 nitrogen and oxygen atoms in total. The predicted octanol–water partition coefficient (Wildman–Crippen LogP) is 2.51. The number of piperidine rings is 1. The van der Waals surface area contributed by atoms with Crippen LogP contribution < -0.4 is 5.32 Å². The minimum absolute atomic E-state index is 0.178. The molecule has 0 bridgehead atoms. The van der Waals surface area contributed by atoms with Gasteiger partial charge in [0, 0.05) is 24.5 Å². The fourth-order valence-electron chi connectivity index (χ4n) is 3.48. The van der Waals surface area contributed by atoms with Gasteiger partial charge >= 0.3 is 5.97 Å². The van der Waals surface area contributed by atoms with Gasteiger partial charge in [0.25, 0.3) is 0 Å². The van der Waals surface area contributed by atoms with Crippen molar-refractivity contribution >= 4 is 5.97 Å². The lowest BCUT2D eigenvalue weighted by Gasteiger charge is -2.42. The number of aliphatic carboxylic acids is 1. The van der Waals surface area contributed by atoms with Gasteiger partial charge in [-0.05, 0) is 44.3 Å². The van der Waals surface area contributed by atoms with Gasteiger partial charge in [-0.15, -0.1) is 0 Å². The summed E-state index contributed by atoms with van der Waals surface area (Å²) in [6.45, 7) is 5.04. The molecule has 1 aliphatic carbocycles. The van der Waals surface area contributed by atoms with Crippen molar-refractivity contribution in [3.63, 3.8) is 0 Å². The number of nitrogens with zero attached hydrogens (tertiary/aromatic N) is 1. The highest BCUT2D eigenvalue weighted by molar-refractivity contribution is 5.66. The summed E-state index contributed by atoms with van der Waals surface area (Å²) in [6.07, 6.45) is 4.97. The van der Waals surface area contributed by atoms with Crippen LogP contribution in [0.4, 0.5) is 0 Å². The number of carboxylic acids is 1. The van der Waals surface area contributed by atoms with Crippen molar-refractivity contribution < 1.29 is 14.6 Å². The summed E-state index contributed by atoms with van der Waals surface area (Å²) in [5.41, 5.74) is 1.39. The fraction of sp³-hybridized carbons (Fsp3) is 0.650. The number of benzene rings is 1. The lowest BCUT2D eigenvalue weighted by atomic mass is 9.78. The van der Waals surface area contributed by atoms with Crippen molar-refractivity contribution in [1.29, 1.82) is 0 Å². The molecule has 2 N–H and O–H groups in total. The van der Waals surface area contributed by atoms with Crippen LogP contribution in [0.2, 0.25) is 0 Å². The monoisotopic (exact) mass is 346 g/mol. The highest BCUT2D eigenvalue weighted by Crippen LogP contribution is 2.33. The van der Waals surface area contributed by atoms with Gasteiger partial charge in [0.15, 0.2) is 0 Å². The molecule has 0 aromatic heterocycles. The molecule has 1 aliphatic heterocycles. The van der Waals surface area contributed by atoms with E-state index < -0.39 is 5.97 Å². The quantitative estimate of drug-likeness (QED) is 0.682. The Labute approximate surface area is 150 Å². The van der Waals surface area contributed by atoms with E-state index >= 15 is 0 Å². The van der Waals surface area contributed by atoms with E-state index in [0.717, 1.165) is 39.1 Å². The standard InChI is InChI=1S/C20H30N2O3/c23-19(24)8-11-22-12-9-20(10-13-22,15-21-18-6-7-18)16-25-14-17-4-2-1-3-5-17/h1-5,18,21H,6-16H2,(H,23,24). The Balaban J connectivity index is 1.48. The van der Waals surface area contributed by atoms with Crippen molar-refractivity contribution in [2.45, 2.75) is 44.8 Å². The molecule has 2 aliphatic rings. The highest BCUT2D eigenvalue weighted by atomic mass is 16.5. The summed E-state index contributed by atoms with van der Waals surface area (Å²) in [7, 11) is 0. The Morgan fingerprint density at radius 1 is 1.24 bits per heavy atom. The van der Waals surface area contributed by atoms with Gasteiger partial charge in [0.2, 0.25) is 0 Å². The molecular weight excluding hydrogens is 316 g/mol. The molecule has 2 fully saturated rings. The Morgan fingerprint density at radius 3 is 2.60 bits per heavy atom. The van der Waals surface area contributed by atoms with E-state index in [2.05, 4.69) is 22.3 Å². The van der Waals surface area contributed by atoms with E-state index in [1.807, 2.05) is 18.2 Å². The number of rotatable bonds is 10. The van der Waals surface area contributed by atoms with Crippen LogP contribution in [0.1, 0.15) is 37.7 Å². The van der Waals surface area contributed by atoms with Crippen LogP contribution in [0, 0.1) is 5.41 Å². The van der Waals surface area contributed by atoms with E-state index in [0.29, 0.717) is 19.2 Å². The van der Waals surface area contributed by atoms with E-state index in [1.165, 1.54) is 18.4 Å². The van der Waals surface area contributed by atoms with Crippen LogP contribution in [0.5, 0.6) is 0 Å². The Kier molecular flexibility index (Phi) is 6.45. The molecule has 0 amide bonds. The molecule has 3 rings (SSSR count). The average molecular weight is 346 g/mol. The summed E-state index contributed by atoms with van der Waals surface area (Å²) in [6, 6.07) is 11.0. The first-order valence-corrected chi connectivity index (χ1v) is 9.44. The molecule has 25 heavy (non-hydrogen) atoms. The summed E-state index contributed by atoms with van der Waals surface area (Å²) >= 11 is 0. The molecule has 1 aromatic carbocycles. The van der Waals surface area contributed by atoms with E-state index in [1.54, 1.807) is 0 Å². The predicted molar refractivity (Wildman–Crippen MR) is 97.5 cm³/mol. The third-order valence-corrected chi connectivity index (χ3v) is 5.42. The van der Waals surface area contributed by atoms with Gasteiger partial charge in [-0.1, -0.05) is 30.3 Å². The first kappa shape index (κ1) is 18.4. The normalized spacial score (nSPS) is 20.5. The van der Waals surface area contributed by atoms with Crippen molar-refractivity contribution in [1.82, 2.24) is 10.2 Å².